The third kappa shape index (κ3) is 7.32. The Kier molecular flexibility index (Phi) is 12.6. The van der Waals surface area contributed by atoms with Crippen molar-refractivity contribution >= 4 is 23.6 Å². The fourth-order valence-corrected chi connectivity index (χ4v) is 8.16. The second-order valence-corrected chi connectivity index (χ2v) is 15.5. The first-order valence-electron chi connectivity index (χ1n) is 17.3. The van der Waals surface area contributed by atoms with Crippen molar-refractivity contribution in [3.05, 3.63) is 0 Å². The average Bonchev–Trinajstić information content (AvgIpc) is 3.30. The van der Waals surface area contributed by atoms with E-state index in [1.54, 1.807) is 48.5 Å². The number of methoxy groups -OCH3 is 1. The molecule has 3 fully saturated rings. The maximum atomic E-state index is 14.4. The molecule has 0 radical (unpaired) electrons. The molecule has 0 bridgehead atoms. The molecule has 0 aromatic heterocycles. The van der Waals surface area contributed by atoms with Crippen LogP contribution in [0.3, 0.4) is 0 Å². The van der Waals surface area contributed by atoms with Crippen molar-refractivity contribution < 1.29 is 48.0 Å². The quantitative estimate of drug-likeness (QED) is 0.298. The number of aliphatic hydroxyl groups excluding tert-OH is 1. The van der Waals surface area contributed by atoms with Crippen LogP contribution in [0, 0.1) is 23.2 Å². The molecule has 0 saturated carbocycles. The zero-order chi connectivity index (χ0) is 36.7. The van der Waals surface area contributed by atoms with Crippen molar-refractivity contribution in [1.82, 2.24) is 9.80 Å². The van der Waals surface area contributed by atoms with Gasteiger partial charge >= 0.3 is 12.1 Å². The highest BCUT2D eigenvalue weighted by molar-refractivity contribution is 6.04. The number of hydrogen-bond acceptors (Lipinski definition) is 12. The van der Waals surface area contributed by atoms with Crippen LogP contribution in [-0.4, -0.2) is 126 Å². The summed E-state index contributed by atoms with van der Waals surface area (Å²) in [5.74, 6) is -3.83. The van der Waals surface area contributed by atoms with E-state index in [0.29, 0.717) is 6.42 Å². The van der Waals surface area contributed by atoms with Crippen LogP contribution in [0.4, 0.5) is 4.79 Å². The number of nitrogens with zero attached hydrogens (tertiary/aromatic N) is 2. The van der Waals surface area contributed by atoms with E-state index < -0.39 is 88.9 Å². The minimum absolute atomic E-state index is 0.122. The predicted molar refractivity (Wildman–Crippen MR) is 178 cm³/mol. The number of carbonyl (C=O) groups excluding carboxylic acids is 4. The summed E-state index contributed by atoms with van der Waals surface area (Å²) in [4.78, 5) is 59.7. The summed E-state index contributed by atoms with van der Waals surface area (Å²) in [5, 5.41) is 11.4. The van der Waals surface area contributed by atoms with E-state index in [2.05, 4.69) is 0 Å². The normalized spacial score (nSPS) is 42.2. The van der Waals surface area contributed by atoms with Crippen LogP contribution in [0.5, 0.6) is 0 Å². The van der Waals surface area contributed by atoms with Gasteiger partial charge in [0.1, 0.15) is 23.4 Å². The lowest BCUT2D eigenvalue weighted by Gasteiger charge is -2.47. The van der Waals surface area contributed by atoms with E-state index in [1.165, 1.54) is 25.9 Å². The molecule has 48 heavy (non-hydrogen) atoms. The number of rotatable bonds is 7. The number of likely N-dealkylation sites (N-methyl/N-ethyl adjacent to an activating group) is 1. The molecular formula is C35H61N3O10. The number of fused-ring (bicyclic) bond motifs is 1. The van der Waals surface area contributed by atoms with Gasteiger partial charge in [0, 0.05) is 43.5 Å². The van der Waals surface area contributed by atoms with Gasteiger partial charge in [-0.1, -0.05) is 27.7 Å². The molecule has 0 spiro atoms. The minimum Gasteiger partial charge on any atom is -0.457 e. The smallest absolute Gasteiger partial charge is 0.411 e. The van der Waals surface area contributed by atoms with E-state index in [-0.39, 0.29) is 37.3 Å². The summed E-state index contributed by atoms with van der Waals surface area (Å²) >= 11 is 0. The number of hydrogen-bond donors (Lipinski definition) is 2. The molecule has 13 heteroatoms. The van der Waals surface area contributed by atoms with Gasteiger partial charge in [-0.2, -0.15) is 0 Å². The van der Waals surface area contributed by atoms with Gasteiger partial charge in [-0.3, -0.25) is 19.3 Å². The Bertz CT molecular complexity index is 1200. The fraction of sp³-hybridized carbons (Fsp3) is 0.886. The molecule has 0 aromatic rings. The number of Topliss-reactive ketones (excluding diaryl/α,β-unsaturated/α-hetero) is 2. The highest BCUT2D eigenvalue weighted by atomic mass is 16.7. The first-order valence-corrected chi connectivity index (χ1v) is 17.3. The lowest BCUT2D eigenvalue weighted by molar-refractivity contribution is -0.295. The maximum absolute atomic E-state index is 14.4. The van der Waals surface area contributed by atoms with E-state index in [9.17, 15) is 24.3 Å². The van der Waals surface area contributed by atoms with E-state index in [0.717, 1.165) is 0 Å². The summed E-state index contributed by atoms with van der Waals surface area (Å²) in [7, 11) is 5.22. The van der Waals surface area contributed by atoms with Crippen LogP contribution in [0.15, 0.2) is 0 Å². The Morgan fingerprint density at radius 1 is 1.06 bits per heavy atom. The number of ether oxygens (including phenoxy) is 5. The highest BCUT2D eigenvalue weighted by Crippen LogP contribution is 2.44. The number of aliphatic hydroxyl groups is 1. The first kappa shape index (κ1) is 40.3. The van der Waals surface area contributed by atoms with E-state index in [4.69, 9.17) is 29.4 Å². The van der Waals surface area contributed by atoms with E-state index in [1.807, 2.05) is 25.9 Å². The van der Waals surface area contributed by atoms with Gasteiger partial charge in [0.25, 0.3) is 0 Å². The second kappa shape index (κ2) is 15.0. The summed E-state index contributed by atoms with van der Waals surface area (Å²) < 4.78 is 30.9. The third-order valence-corrected chi connectivity index (χ3v) is 11.2. The predicted octanol–water partition coefficient (Wildman–Crippen LogP) is 2.93. The summed E-state index contributed by atoms with van der Waals surface area (Å²) in [6, 6.07) is -1.58. The van der Waals surface area contributed by atoms with Crippen LogP contribution >= 0.6 is 0 Å². The Balaban J connectivity index is 2.20. The van der Waals surface area contributed by atoms with E-state index >= 15 is 0 Å². The van der Waals surface area contributed by atoms with Crippen LogP contribution in [0.25, 0.3) is 0 Å². The van der Waals surface area contributed by atoms with Crippen molar-refractivity contribution in [2.45, 2.75) is 149 Å². The Labute approximate surface area is 286 Å². The third-order valence-electron chi connectivity index (χ3n) is 11.2. The molecule has 0 aliphatic carbocycles. The van der Waals surface area contributed by atoms with Gasteiger partial charge in [0.2, 0.25) is 0 Å². The molecule has 0 aromatic carbocycles. The van der Waals surface area contributed by atoms with Gasteiger partial charge in [-0.15, -0.1) is 0 Å². The topological polar surface area (TPSA) is 167 Å². The van der Waals surface area contributed by atoms with Gasteiger partial charge in [0.15, 0.2) is 17.7 Å². The zero-order valence-corrected chi connectivity index (χ0v) is 31.3. The highest BCUT2D eigenvalue weighted by Gasteiger charge is 2.62. The largest absolute Gasteiger partial charge is 0.457 e. The monoisotopic (exact) mass is 683 g/mol. The number of carbonyl (C=O) groups is 4. The lowest BCUT2D eigenvalue weighted by atomic mass is 9.71. The summed E-state index contributed by atoms with van der Waals surface area (Å²) in [5.41, 5.74) is 1.67. The van der Waals surface area contributed by atoms with Gasteiger partial charge in [-0.25, -0.2) is 4.79 Å². The van der Waals surface area contributed by atoms with Crippen molar-refractivity contribution in [1.29, 1.82) is 0 Å². The Morgan fingerprint density at radius 3 is 2.19 bits per heavy atom. The number of nitrogens with two attached hydrogens (primary N) is 1. The molecule has 3 saturated heterocycles. The summed E-state index contributed by atoms with van der Waals surface area (Å²) in [6.45, 7) is 17.2. The van der Waals surface area contributed by atoms with Crippen molar-refractivity contribution in [2.75, 3.05) is 27.7 Å². The molecule has 3 heterocycles. The Morgan fingerprint density at radius 2 is 1.67 bits per heavy atom. The molecule has 13 nitrogen and oxygen atoms in total. The SMILES string of the molecule is CC[C@H]1OC(=O)C(C)(C)C(=O)[C@H](C)[C@@H](OC2OC(C)CC(N(C)C)[C@H]2O)[C@](C)(OC)C[C@@H](C)C(=O)C(C)C2N(C(C)CN)C(=O)O[C@@]21C. The molecule has 276 valence electrons. The first-order chi connectivity index (χ1) is 22.1. The molecule has 3 aliphatic rings. The molecule has 3 N–H and O–H groups in total. The van der Waals surface area contributed by atoms with Gasteiger partial charge in [0.05, 0.1) is 23.9 Å². The van der Waals surface area contributed by atoms with Crippen LogP contribution in [0.2, 0.25) is 0 Å². The zero-order valence-electron chi connectivity index (χ0n) is 31.3. The fourth-order valence-electron chi connectivity index (χ4n) is 8.16. The van der Waals surface area contributed by atoms with Crippen molar-refractivity contribution in [3.63, 3.8) is 0 Å². The number of ketones is 2. The van der Waals surface area contributed by atoms with Crippen molar-refractivity contribution in [2.24, 2.45) is 28.9 Å². The molecule has 13 atom stereocenters. The number of amides is 1. The molecule has 1 amide bonds. The lowest BCUT2D eigenvalue weighted by Crippen LogP contribution is -2.61. The van der Waals surface area contributed by atoms with Gasteiger partial charge < -0.3 is 39.4 Å². The van der Waals surface area contributed by atoms with Gasteiger partial charge in [-0.05, 0) is 74.9 Å². The van der Waals surface area contributed by atoms with Crippen LogP contribution < -0.4 is 5.73 Å². The molecule has 3 rings (SSSR count). The summed E-state index contributed by atoms with van der Waals surface area (Å²) in [6.07, 6.45) is -4.16. The standard InChI is InChI=1S/C35H61N3O10/c1-14-24-35(10)27(38(19(3)17-36)32(43)48-35)21(5)25(39)18(2)16-34(9,44-13)29(22(6)28(41)33(7,8)31(42)46-24)47-30-26(40)23(37(11)12)15-20(4)45-30/h18-24,26-27,29-30,40H,14-17,36H2,1-13H3/t18-,19?,20?,21?,22+,23?,24-,26-,27?,29-,30?,34-,35-/m1/s1. The maximum Gasteiger partial charge on any atom is 0.411 e. The molecule has 6 unspecified atom stereocenters. The molecule has 3 aliphatic heterocycles. The van der Waals surface area contributed by atoms with Crippen molar-refractivity contribution in [3.8, 4) is 0 Å². The Hall–Kier alpha value is -2.16. The second-order valence-electron chi connectivity index (χ2n) is 15.5. The molecular weight excluding hydrogens is 622 g/mol. The van der Waals surface area contributed by atoms with Crippen LogP contribution in [-0.2, 0) is 38.1 Å². The minimum atomic E-state index is -1.66. The number of esters is 1. The number of cyclic esters (lactones) is 1. The average molecular weight is 684 g/mol. The van der Waals surface area contributed by atoms with Crippen LogP contribution in [0.1, 0.15) is 88.5 Å².